The van der Waals surface area contributed by atoms with Crippen molar-refractivity contribution in [3.8, 4) is 0 Å². The molecule has 1 saturated heterocycles. The Balaban J connectivity index is 1.52. The van der Waals surface area contributed by atoms with E-state index in [-0.39, 0.29) is 0 Å². The number of hydrogen-bond donors (Lipinski definition) is 1. The van der Waals surface area contributed by atoms with E-state index in [2.05, 4.69) is 0 Å². The molecular formula is C16H29NO2. The Bertz CT molecular complexity index is 280. The topological polar surface area (TPSA) is 44.5 Å². The van der Waals surface area contributed by atoms with Crippen molar-refractivity contribution in [2.24, 2.45) is 11.1 Å². The van der Waals surface area contributed by atoms with Crippen molar-refractivity contribution in [3.63, 3.8) is 0 Å². The van der Waals surface area contributed by atoms with Gasteiger partial charge in [-0.05, 0) is 38.5 Å². The Labute approximate surface area is 117 Å². The minimum atomic E-state index is 0.311. The van der Waals surface area contributed by atoms with E-state index in [9.17, 15) is 0 Å². The van der Waals surface area contributed by atoms with Crippen molar-refractivity contribution in [1.29, 1.82) is 0 Å². The summed E-state index contributed by atoms with van der Waals surface area (Å²) in [6.45, 7) is 1.71. The van der Waals surface area contributed by atoms with E-state index in [1.165, 1.54) is 57.8 Å². The first-order valence-corrected chi connectivity index (χ1v) is 8.30. The maximum absolute atomic E-state index is 6.35. The molecule has 3 fully saturated rings. The van der Waals surface area contributed by atoms with Crippen LogP contribution in [0.3, 0.4) is 0 Å². The summed E-state index contributed by atoms with van der Waals surface area (Å²) in [7, 11) is 0. The second kappa shape index (κ2) is 6.11. The van der Waals surface area contributed by atoms with Crippen molar-refractivity contribution < 1.29 is 9.47 Å². The van der Waals surface area contributed by atoms with Crippen LogP contribution in [0.2, 0.25) is 0 Å². The lowest BCUT2D eigenvalue weighted by molar-refractivity contribution is -0.159. The molecule has 3 unspecified atom stereocenters. The third kappa shape index (κ3) is 2.84. The maximum atomic E-state index is 6.35. The average molecular weight is 267 g/mol. The molecule has 3 atom stereocenters. The number of rotatable bonds is 3. The van der Waals surface area contributed by atoms with E-state index in [0.717, 1.165) is 19.6 Å². The van der Waals surface area contributed by atoms with E-state index < -0.39 is 0 Å². The molecule has 110 valence electrons. The monoisotopic (exact) mass is 267 g/mol. The summed E-state index contributed by atoms with van der Waals surface area (Å²) in [5.74, 6) is 0. The van der Waals surface area contributed by atoms with Gasteiger partial charge in [0.25, 0.3) is 0 Å². The molecule has 1 aliphatic heterocycles. The Morgan fingerprint density at radius 3 is 2.47 bits per heavy atom. The molecular weight excluding hydrogens is 238 g/mol. The summed E-state index contributed by atoms with van der Waals surface area (Å²) < 4.78 is 12.0. The van der Waals surface area contributed by atoms with E-state index in [0.29, 0.717) is 23.7 Å². The number of hydrogen-bond acceptors (Lipinski definition) is 3. The Kier molecular flexibility index (Phi) is 4.45. The van der Waals surface area contributed by atoms with E-state index in [1.54, 1.807) is 0 Å². The van der Waals surface area contributed by atoms with Gasteiger partial charge in [0.05, 0.1) is 18.8 Å². The van der Waals surface area contributed by atoms with Gasteiger partial charge in [-0.3, -0.25) is 0 Å². The summed E-state index contributed by atoms with van der Waals surface area (Å²) in [6, 6.07) is 0.378. The third-order valence-electron chi connectivity index (χ3n) is 5.64. The van der Waals surface area contributed by atoms with Gasteiger partial charge >= 0.3 is 0 Å². The highest BCUT2D eigenvalue weighted by Gasteiger charge is 2.53. The summed E-state index contributed by atoms with van der Waals surface area (Å²) >= 11 is 0. The standard InChI is InChI=1S/C16H29NO2/c17-14-11-15(16(14)8-4-1-2-5-9-16)19-12-13-7-3-6-10-18-13/h13-15H,1-12,17H2. The fourth-order valence-electron chi connectivity index (χ4n) is 4.25. The highest BCUT2D eigenvalue weighted by atomic mass is 16.5. The molecule has 3 rings (SSSR count). The molecule has 3 aliphatic rings. The molecule has 0 radical (unpaired) electrons. The summed E-state index contributed by atoms with van der Waals surface area (Å²) in [5.41, 5.74) is 6.66. The minimum absolute atomic E-state index is 0.311. The smallest absolute Gasteiger partial charge is 0.0808 e. The van der Waals surface area contributed by atoms with Crippen LogP contribution in [0.15, 0.2) is 0 Å². The van der Waals surface area contributed by atoms with Crippen LogP contribution in [0.4, 0.5) is 0 Å². The molecule has 3 nitrogen and oxygen atoms in total. The Hall–Kier alpha value is -0.120. The summed E-state index contributed by atoms with van der Waals surface area (Å²) in [4.78, 5) is 0. The second-order valence-corrected chi connectivity index (χ2v) is 6.80. The summed E-state index contributed by atoms with van der Waals surface area (Å²) in [6.07, 6.45) is 13.5. The van der Waals surface area contributed by atoms with Gasteiger partial charge in [0.15, 0.2) is 0 Å². The van der Waals surface area contributed by atoms with Gasteiger partial charge < -0.3 is 15.2 Å². The highest BCUT2D eigenvalue weighted by molar-refractivity contribution is 5.07. The molecule has 2 N–H and O–H groups in total. The van der Waals surface area contributed by atoms with Gasteiger partial charge in [0, 0.05) is 18.1 Å². The van der Waals surface area contributed by atoms with Crippen LogP contribution in [-0.2, 0) is 9.47 Å². The lowest BCUT2D eigenvalue weighted by Gasteiger charge is -2.54. The van der Waals surface area contributed by atoms with Crippen molar-refractivity contribution >= 4 is 0 Å². The van der Waals surface area contributed by atoms with Crippen LogP contribution in [0.25, 0.3) is 0 Å². The zero-order valence-electron chi connectivity index (χ0n) is 12.1. The fraction of sp³-hybridized carbons (Fsp3) is 1.00. The molecule has 1 spiro atoms. The lowest BCUT2D eigenvalue weighted by Crippen LogP contribution is -2.62. The normalized spacial score (nSPS) is 38.7. The molecule has 0 bridgehead atoms. The molecule has 2 aliphatic carbocycles. The fourth-order valence-corrected chi connectivity index (χ4v) is 4.25. The van der Waals surface area contributed by atoms with Crippen molar-refractivity contribution in [2.45, 2.75) is 82.5 Å². The van der Waals surface area contributed by atoms with Crippen LogP contribution in [0.1, 0.15) is 64.2 Å². The SMILES string of the molecule is NC1CC(OCC2CCCCO2)C12CCCCCC2. The first-order chi connectivity index (χ1) is 9.31. The zero-order chi connectivity index (χ0) is 13.1. The predicted octanol–water partition coefficient (Wildman–Crippen LogP) is 3.01. The molecule has 0 aromatic heterocycles. The quantitative estimate of drug-likeness (QED) is 0.855. The van der Waals surface area contributed by atoms with Gasteiger partial charge in [-0.2, -0.15) is 0 Å². The molecule has 3 heteroatoms. The largest absolute Gasteiger partial charge is 0.376 e. The average Bonchev–Trinajstić information content (AvgIpc) is 2.72. The van der Waals surface area contributed by atoms with E-state index in [4.69, 9.17) is 15.2 Å². The minimum Gasteiger partial charge on any atom is -0.376 e. The van der Waals surface area contributed by atoms with E-state index >= 15 is 0 Å². The molecule has 0 amide bonds. The van der Waals surface area contributed by atoms with Crippen LogP contribution in [-0.4, -0.2) is 31.5 Å². The summed E-state index contributed by atoms with van der Waals surface area (Å²) in [5, 5.41) is 0. The molecule has 2 saturated carbocycles. The van der Waals surface area contributed by atoms with Crippen molar-refractivity contribution in [1.82, 2.24) is 0 Å². The first-order valence-electron chi connectivity index (χ1n) is 8.30. The molecule has 1 heterocycles. The Morgan fingerprint density at radius 2 is 1.84 bits per heavy atom. The van der Waals surface area contributed by atoms with Gasteiger partial charge in [0.2, 0.25) is 0 Å². The maximum Gasteiger partial charge on any atom is 0.0808 e. The van der Waals surface area contributed by atoms with Gasteiger partial charge in [-0.15, -0.1) is 0 Å². The van der Waals surface area contributed by atoms with E-state index in [1.807, 2.05) is 0 Å². The number of ether oxygens (including phenoxy) is 2. The predicted molar refractivity (Wildman–Crippen MR) is 76.1 cm³/mol. The molecule has 0 aromatic carbocycles. The third-order valence-corrected chi connectivity index (χ3v) is 5.64. The highest BCUT2D eigenvalue weighted by Crippen LogP contribution is 2.51. The van der Waals surface area contributed by atoms with Crippen LogP contribution < -0.4 is 5.73 Å². The molecule has 19 heavy (non-hydrogen) atoms. The second-order valence-electron chi connectivity index (χ2n) is 6.80. The van der Waals surface area contributed by atoms with Gasteiger partial charge in [-0.25, -0.2) is 0 Å². The lowest BCUT2D eigenvalue weighted by atomic mass is 9.58. The first kappa shape index (κ1) is 13.8. The molecule has 0 aromatic rings. The number of nitrogens with two attached hydrogens (primary N) is 1. The van der Waals surface area contributed by atoms with Crippen molar-refractivity contribution in [2.75, 3.05) is 13.2 Å². The van der Waals surface area contributed by atoms with Crippen molar-refractivity contribution in [3.05, 3.63) is 0 Å². The van der Waals surface area contributed by atoms with Gasteiger partial charge in [0.1, 0.15) is 0 Å². The zero-order valence-corrected chi connectivity index (χ0v) is 12.1. The van der Waals surface area contributed by atoms with Gasteiger partial charge in [-0.1, -0.05) is 25.7 Å². The van der Waals surface area contributed by atoms with Crippen LogP contribution in [0.5, 0.6) is 0 Å². The van der Waals surface area contributed by atoms with Crippen LogP contribution >= 0.6 is 0 Å². The Morgan fingerprint density at radius 1 is 1.05 bits per heavy atom. The van der Waals surface area contributed by atoms with Crippen LogP contribution in [0, 0.1) is 5.41 Å².